The van der Waals surface area contributed by atoms with Crippen molar-refractivity contribution >= 4 is 17.3 Å². The van der Waals surface area contributed by atoms with E-state index in [2.05, 4.69) is 84.7 Å². The van der Waals surface area contributed by atoms with Gasteiger partial charge in [-0.2, -0.15) is 0 Å². The SMILES string of the molecule is CCN1C(=S)NC(c2ccccn2)C1c1cc(C)n(-c2c(C)cccc2C)c1C. The lowest BCUT2D eigenvalue weighted by Crippen LogP contribution is -2.29. The third-order valence-corrected chi connectivity index (χ3v) is 6.34. The Bertz CT molecular complexity index is 1030. The Balaban J connectivity index is 1.88. The molecule has 0 amide bonds. The second-order valence-corrected chi connectivity index (χ2v) is 8.20. The van der Waals surface area contributed by atoms with E-state index in [0.717, 1.165) is 17.4 Å². The number of nitrogens with zero attached hydrogens (tertiary/aromatic N) is 3. The molecule has 3 heterocycles. The summed E-state index contributed by atoms with van der Waals surface area (Å²) in [6, 6.07) is 15.0. The van der Waals surface area contributed by atoms with Crippen LogP contribution in [0.5, 0.6) is 0 Å². The molecule has 0 saturated carbocycles. The Morgan fingerprint density at radius 1 is 1.03 bits per heavy atom. The molecule has 29 heavy (non-hydrogen) atoms. The lowest BCUT2D eigenvalue weighted by atomic mass is 9.97. The summed E-state index contributed by atoms with van der Waals surface area (Å²) in [5.74, 6) is 0. The lowest BCUT2D eigenvalue weighted by molar-refractivity contribution is 0.329. The second-order valence-electron chi connectivity index (χ2n) is 7.81. The van der Waals surface area contributed by atoms with Gasteiger partial charge in [-0.05, 0) is 81.7 Å². The topological polar surface area (TPSA) is 33.1 Å². The molecule has 0 bridgehead atoms. The summed E-state index contributed by atoms with van der Waals surface area (Å²) < 4.78 is 2.39. The average molecular weight is 405 g/mol. The van der Waals surface area contributed by atoms with Crippen LogP contribution in [0.4, 0.5) is 0 Å². The predicted octanol–water partition coefficient (Wildman–Crippen LogP) is 5.10. The quantitative estimate of drug-likeness (QED) is 0.614. The molecule has 1 N–H and O–H groups in total. The number of para-hydroxylation sites is 1. The van der Waals surface area contributed by atoms with Gasteiger partial charge < -0.3 is 14.8 Å². The molecular formula is C24H28N4S. The lowest BCUT2D eigenvalue weighted by Gasteiger charge is -2.27. The van der Waals surface area contributed by atoms with Crippen LogP contribution in [0.1, 0.15) is 52.8 Å². The fraction of sp³-hybridized carbons (Fsp3) is 0.333. The molecule has 0 aliphatic carbocycles. The fourth-order valence-electron chi connectivity index (χ4n) is 4.67. The Hall–Kier alpha value is -2.66. The zero-order valence-corrected chi connectivity index (χ0v) is 18.5. The summed E-state index contributed by atoms with van der Waals surface area (Å²) in [5, 5.41) is 4.32. The van der Waals surface area contributed by atoms with Crippen LogP contribution in [0.25, 0.3) is 5.69 Å². The van der Waals surface area contributed by atoms with Crippen molar-refractivity contribution < 1.29 is 0 Å². The van der Waals surface area contributed by atoms with Crippen LogP contribution >= 0.6 is 12.2 Å². The minimum Gasteiger partial charge on any atom is -0.352 e. The van der Waals surface area contributed by atoms with Gasteiger partial charge in [0.25, 0.3) is 0 Å². The van der Waals surface area contributed by atoms with Crippen LogP contribution in [0, 0.1) is 27.7 Å². The molecule has 150 valence electrons. The number of benzene rings is 1. The van der Waals surface area contributed by atoms with E-state index in [4.69, 9.17) is 12.2 Å². The number of pyridine rings is 1. The minimum atomic E-state index is 0.0376. The van der Waals surface area contributed by atoms with Crippen LogP contribution in [-0.2, 0) is 0 Å². The molecule has 1 aliphatic rings. The first-order valence-electron chi connectivity index (χ1n) is 10.2. The van der Waals surface area contributed by atoms with Gasteiger partial charge in [0.05, 0.1) is 23.5 Å². The summed E-state index contributed by atoms with van der Waals surface area (Å²) in [4.78, 5) is 6.91. The zero-order chi connectivity index (χ0) is 20.7. The molecule has 2 aromatic heterocycles. The minimum absolute atomic E-state index is 0.0376. The maximum absolute atomic E-state index is 5.69. The molecule has 0 spiro atoms. The van der Waals surface area contributed by atoms with Crippen LogP contribution in [0.3, 0.4) is 0 Å². The number of aromatic nitrogens is 2. The van der Waals surface area contributed by atoms with Crippen molar-refractivity contribution in [2.45, 2.75) is 46.7 Å². The molecule has 5 heteroatoms. The summed E-state index contributed by atoms with van der Waals surface area (Å²) in [7, 11) is 0. The smallest absolute Gasteiger partial charge is 0.170 e. The Morgan fingerprint density at radius 3 is 2.38 bits per heavy atom. The molecule has 1 saturated heterocycles. The van der Waals surface area contributed by atoms with Crippen molar-refractivity contribution in [1.82, 2.24) is 19.8 Å². The van der Waals surface area contributed by atoms with E-state index in [0.29, 0.717) is 0 Å². The van der Waals surface area contributed by atoms with Gasteiger partial charge in [-0.15, -0.1) is 0 Å². The molecule has 4 rings (SSSR count). The van der Waals surface area contributed by atoms with Crippen LogP contribution < -0.4 is 5.32 Å². The first-order chi connectivity index (χ1) is 13.9. The van der Waals surface area contributed by atoms with Gasteiger partial charge in [0, 0.05) is 24.1 Å². The third-order valence-electron chi connectivity index (χ3n) is 5.99. The summed E-state index contributed by atoms with van der Waals surface area (Å²) in [6.07, 6.45) is 1.85. The first-order valence-corrected chi connectivity index (χ1v) is 10.6. The number of hydrogen-bond acceptors (Lipinski definition) is 2. The summed E-state index contributed by atoms with van der Waals surface area (Å²) in [6.45, 7) is 11.8. The van der Waals surface area contributed by atoms with Crippen molar-refractivity contribution in [2.75, 3.05) is 6.54 Å². The van der Waals surface area contributed by atoms with E-state index >= 15 is 0 Å². The number of rotatable bonds is 4. The molecular weight excluding hydrogens is 376 g/mol. The van der Waals surface area contributed by atoms with E-state index in [1.54, 1.807) is 0 Å². The van der Waals surface area contributed by atoms with Gasteiger partial charge in [-0.3, -0.25) is 4.98 Å². The normalized spacial score (nSPS) is 18.9. The van der Waals surface area contributed by atoms with Crippen molar-refractivity contribution in [2.24, 2.45) is 0 Å². The van der Waals surface area contributed by atoms with E-state index in [1.165, 1.54) is 33.8 Å². The Morgan fingerprint density at radius 2 is 1.76 bits per heavy atom. The molecule has 1 fully saturated rings. The van der Waals surface area contributed by atoms with E-state index < -0.39 is 0 Å². The van der Waals surface area contributed by atoms with Crippen molar-refractivity contribution in [3.8, 4) is 5.69 Å². The highest BCUT2D eigenvalue weighted by atomic mass is 32.1. The molecule has 3 aromatic rings. The highest BCUT2D eigenvalue weighted by Crippen LogP contribution is 2.41. The highest BCUT2D eigenvalue weighted by Gasteiger charge is 2.40. The van der Waals surface area contributed by atoms with Crippen LogP contribution in [-0.4, -0.2) is 26.1 Å². The second kappa shape index (κ2) is 7.64. The Labute approximate surface area is 178 Å². The first kappa shape index (κ1) is 19.6. The maximum Gasteiger partial charge on any atom is 0.170 e. The van der Waals surface area contributed by atoms with Crippen LogP contribution in [0.15, 0.2) is 48.7 Å². The van der Waals surface area contributed by atoms with Crippen molar-refractivity contribution in [3.05, 3.63) is 82.4 Å². The van der Waals surface area contributed by atoms with E-state index in [9.17, 15) is 0 Å². The largest absolute Gasteiger partial charge is 0.352 e. The number of hydrogen-bond donors (Lipinski definition) is 1. The van der Waals surface area contributed by atoms with Gasteiger partial charge in [-0.25, -0.2) is 0 Å². The maximum atomic E-state index is 5.69. The van der Waals surface area contributed by atoms with E-state index in [1.807, 2.05) is 18.3 Å². The number of aryl methyl sites for hydroxylation is 3. The Kier molecular flexibility index (Phi) is 5.17. The van der Waals surface area contributed by atoms with E-state index in [-0.39, 0.29) is 12.1 Å². The fourth-order valence-corrected chi connectivity index (χ4v) is 5.04. The summed E-state index contributed by atoms with van der Waals surface area (Å²) >= 11 is 5.69. The number of nitrogens with one attached hydrogen (secondary N) is 1. The molecule has 1 aromatic carbocycles. The van der Waals surface area contributed by atoms with Gasteiger partial charge in [0.2, 0.25) is 0 Å². The van der Waals surface area contributed by atoms with Gasteiger partial charge in [-0.1, -0.05) is 24.3 Å². The molecule has 4 nitrogen and oxygen atoms in total. The molecule has 1 aliphatic heterocycles. The van der Waals surface area contributed by atoms with Crippen molar-refractivity contribution in [1.29, 1.82) is 0 Å². The highest BCUT2D eigenvalue weighted by molar-refractivity contribution is 7.80. The van der Waals surface area contributed by atoms with Gasteiger partial charge in [0.1, 0.15) is 0 Å². The third kappa shape index (κ3) is 3.23. The van der Waals surface area contributed by atoms with Crippen molar-refractivity contribution in [3.63, 3.8) is 0 Å². The van der Waals surface area contributed by atoms with Crippen LogP contribution in [0.2, 0.25) is 0 Å². The summed E-state index contributed by atoms with van der Waals surface area (Å²) in [5.41, 5.74) is 8.67. The molecule has 2 atom stereocenters. The van der Waals surface area contributed by atoms with Gasteiger partial charge >= 0.3 is 0 Å². The number of thiocarbonyl (C=S) groups is 1. The zero-order valence-electron chi connectivity index (χ0n) is 17.7. The van der Waals surface area contributed by atoms with Gasteiger partial charge in [0.15, 0.2) is 5.11 Å². The standard InChI is InChI=1S/C24H28N4S/c1-6-27-23(21(26-24(27)29)20-12-7-8-13-25-20)19-14-17(4)28(18(19)5)22-15(2)10-9-11-16(22)3/h7-14,21,23H,6H2,1-5H3,(H,26,29). The number of likely N-dealkylation sites (N-methyl/N-ethyl adjacent to an activating group) is 1. The predicted molar refractivity (Wildman–Crippen MR) is 123 cm³/mol. The molecule has 2 unspecified atom stereocenters. The average Bonchev–Trinajstić information content (AvgIpc) is 3.19. The monoisotopic (exact) mass is 404 g/mol. The molecule has 0 radical (unpaired) electrons.